The minimum atomic E-state index is -0.420. The van der Waals surface area contributed by atoms with Gasteiger partial charge in [0.25, 0.3) is 0 Å². The molecule has 2 aromatic rings. The van der Waals surface area contributed by atoms with E-state index in [-0.39, 0.29) is 30.5 Å². The van der Waals surface area contributed by atoms with E-state index in [1.165, 1.54) is 6.07 Å². The summed E-state index contributed by atoms with van der Waals surface area (Å²) in [5, 5.41) is 6.43. The van der Waals surface area contributed by atoms with Gasteiger partial charge in [-0.1, -0.05) is 12.1 Å². The smallest absolute Gasteiger partial charge is 0.315 e. The van der Waals surface area contributed by atoms with E-state index in [0.717, 1.165) is 9.88 Å². The van der Waals surface area contributed by atoms with Crippen LogP contribution in [0.1, 0.15) is 29.8 Å². The van der Waals surface area contributed by atoms with Crippen molar-refractivity contribution in [2.45, 2.75) is 32.9 Å². The van der Waals surface area contributed by atoms with Crippen molar-refractivity contribution >= 4 is 17.4 Å². The number of carbonyl (C=O) groups excluding carboxylic acids is 1. The minimum Gasteiger partial charge on any atom is -0.488 e. The first kappa shape index (κ1) is 17.2. The summed E-state index contributed by atoms with van der Waals surface area (Å²) in [5.41, 5.74) is 0. The Morgan fingerprint density at radius 3 is 2.74 bits per heavy atom. The lowest BCUT2D eigenvalue weighted by Gasteiger charge is -2.17. The number of nitrogens with one attached hydrogen (secondary N) is 2. The molecule has 1 aromatic carbocycles. The number of thiazole rings is 1. The highest BCUT2D eigenvalue weighted by atomic mass is 32.1. The van der Waals surface area contributed by atoms with Gasteiger partial charge in [0.15, 0.2) is 11.6 Å². The van der Waals surface area contributed by atoms with E-state index in [1.54, 1.807) is 42.7 Å². The molecule has 2 amide bonds. The number of para-hydroxylation sites is 1. The molecule has 0 fully saturated rings. The molecule has 2 rings (SSSR count). The van der Waals surface area contributed by atoms with Crippen LogP contribution >= 0.6 is 11.3 Å². The van der Waals surface area contributed by atoms with E-state index in [0.29, 0.717) is 0 Å². The molecule has 0 spiro atoms. The number of benzene rings is 1. The first-order valence-corrected chi connectivity index (χ1v) is 8.14. The summed E-state index contributed by atoms with van der Waals surface area (Å²) < 4.78 is 18.8. The molecule has 0 saturated carbocycles. The summed E-state index contributed by atoms with van der Waals surface area (Å²) in [6, 6.07) is 5.43. The number of aryl methyl sites for hydroxylation is 1. The molecule has 0 aliphatic carbocycles. The third-order valence-corrected chi connectivity index (χ3v) is 4.16. The van der Waals surface area contributed by atoms with E-state index in [9.17, 15) is 9.18 Å². The number of ether oxygens (including phenoxy) is 1. The zero-order valence-corrected chi connectivity index (χ0v) is 14.1. The minimum absolute atomic E-state index is 0.173. The van der Waals surface area contributed by atoms with Gasteiger partial charge in [-0.3, -0.25) is 0 Å². The van der Waals surface area contributed by atoms with E-state index in [2.05, 4.69) is 15.6 Å². The fourth-order valence-electron chi connectivity index (χ4n) is 1.91. The number of amides is 2. The number of rotatable bonds is 6. The van der Waals surface area contributed by atoms with Crippen molar-refractivity contribution in [1.82, 2.24) is 15.6 Å². The predicted octanol–water partition coefficient (Wildman–Crippen LogP) is 3.42. The molecule has 2 N–H and O–H groups in total. The second-order valence-corrected chi connectivity index (χ2v) is 6.56. The molecular formula is C16H20FN3O2S. The average molecular weight is 337 g/mol. The van der Waals surface area contributed by atoms with Gasteiger partial charge in [0, 0.05) is 11.1 Å². The summed E-state index contributed by atoms with van der Waals surface area (Å²) in [6.07, 6.45) is 1.78. The summed E-state index contributed by atoms with van der Waals surface area (Å²) >= 11 is 1.55. The fraction of sp³-hybridized carbons (Fsp3) is 0.375. The van der Waals surface area contributed by atoms with Crippen LogP contribution in [0.5, 0.6) is 5.75 Å². The molecule has 2 atom stereocenters. The van der Waals surface area contributed by atoms with Gasteiger partial charge in [0.2, 0.25) is 0 Å². The van der Waals surface area contributed by atoms with E-state index >= 15 is 0 Å². The van der Waals surface area contributed by atoms with Gasteiger partial charge in [-0.25, -0.2) is 14.2 Å². The molecule has 0 aliphatic rings. The van der Waals surface area contributed by atoms with Crippen LogP contribution in [0.15, 0.2) is 30.5 Å². The third kappa shape index (κ3) is 5.21. The maximum absolute atomic E-state index is 13.4. The average Bonchev–Trinajstić information content (AvgIpc) is 2.93. The normalized spacial score (nSPS) is 13.2. The van der Waals surface area contributed by atoms with Crippen LogP contribution in [-0.2, 0) is 0 Å². The zero-order valence-electron chi connectivity index (χ0n) is 13.3. The van der Waals surface area contributed by atoms with Gasteiger partial charge in [-0.2, -0.15) is 0 Å². The van der Waals surface area contributed by atoms with Gasteiger partial charge in [0.1, 0.15) is 11.6 Å². The van der Waals surface area contributed by atoms with E-state index < -0.39 is 5.82 Å². The van der Waals surface area contributed by atoms with Crippen molar-refractivity contribution < 1.29 is 13.9 Å². The third-order valence-electron chi connectivity index (χ3n) is 3.06. The Hall–Kier alpha value is -2.15. The molecule has 1 aromatic heterocycles. The van der Waals surface area contributed by atoms with Gasteiger partial charge >= 0.3 is 6.03 Å². The van der Waals surface area contributed by atoms with Crippen molar-refractivity contribution in [3.05, 3.63) is 46.2 Å². The Morgan fingerprint density at radius 1 is 1.35 bits per heavy atom. The lowest BCUT2D eigenvalue weighted by atomic mass is 10.3. The molecule has 0 aliphatic heterocycles. The quantitative estimate of drug-likeness (QED) is 0.849. The molecule has 0 unspecified atom stereocenters. The molecule has 7 heteroatoms. The van der Waals surface area contributed by atoms with Gasteiger partial charge in [0.05, 0.1) is 12.1 Å². The van der Waals surface area contributed by atoms with Crippen molar-refractivity contribution in [1.29, 1.82) is 0 Å². The van der Waals surface area contributed by atoms with Crippen LogP contribution < -0.4 is 15.4 Å². The molecule has 0 bridgehead atoms. The van der Waals surface area contributed by atoms with Crippen LogP contribution in [0, 0.1) is 12.7 Å². The van der Waals surface area contributed by atoms with E-state index in [4.69, 9.17) is 4.74 Å². The summed E-state index contributed by atoms with van der Waals surface area (Å²) in [7, 11) is 0. The predicted molar refractivity (Wildman–Crippen MR) is 88.3 cm³/mol. The van der Waals surface area contributed by atoms with Crippen LogP contribution in [0.3, 0.4) is 0 Å². The zero-order chi connectivity index (χ0) is 16.8. The molecule has 0 saturated heterocycles. The highest BCUT2D eigenvalue weighted by Gasteiger charge is 2.14. The van der Waals surface area contributed by atoms with Crippen molar-refractivity contribution in [2.24, 2.45) is 0 Å². The number of nitrogens with zero attached hydrogens (tertiary/aromatic N) is 1. The lowest BCUT2D eigenvalue weighted by Crippen LogP contribution is -2.44. The maximum atomic E-state index is 13.4. The number of carbonyl (C=O) groups is 1. The summed E-state index contributed by atoms with van der Waals surface area (Å²) in [4.78, 5) is 17.3. The van der Waals surface area contributed by atoms with Gasteiger partial charge < -0.3 is 15.4 Å². The highest BCUT2D eigenvalue weighted by molar-refractivity contribution is 7.11. The Morgan fingerprint density at radius 2 is 2.09 bits per heavy atom. The first-order valence-electron chi connectivity index (χ1n) is 7.32. The number of halogens is 1. The summed E-state index contributed by atoms with van der Waals surface area (Å²) in [5.74, 6) is -0.245. The SMILES string of the molecule is Cc1cnc([C@H](C)NC(=O)N[C@@H](C)COc2ccccc2F)s1. The maximum Gasteiger partial charge on any atom is 0.315 e. The molecule has 124 valence electrons. The second-order valence-electron chi connectivity index (χ2n) is 5.29. The molecule has 23 heavy (non-hydrogen) atoms. The highest BCUT2D eigenvalue weighted by Crippen LogP contribution is 2.18. The topological polar surface area (TPSA) is 63.2 Å². The molecule has 5 nitrogen and oxygen atoms in total. The standard InChI is InChI=1S/C16H20FN3O2S/c1-10(9-22-14-7-5-4-6-13(14)17)19-16(21)20-12(3)15-18-8-11(2)23-15/h4-8,10,12H,9H2,1-3H3,(H2,19,20,21)/t10-,12-/m0/s1. The monoisotopic (exact) mass is 337 g/mol. The van der Waals surface area contributed by atoms with Crippen molar-refractivity contribution in [3.8, 4) is 5.75 Å². The molecular weight excluding hydrogens is 317 g/mol. The summed E-state index contributed by atoms with van der Waals surface area (Å²) in [6.45, 7) is 5.81. The second kappa shape index (κ2) is 7.92. The fourth-order valence-corrected chi connectivity index (χ4v) is 2.69. The van der Waals surface area contributed by atoms with Gasteiger partial charge in [-0.15, -0.1) is 11.3 Å². The van der Waals surface area contributed by atoms with Crippen LogP contribution in [0.2, 0.25) is 0 Å². The number of aromatic nitrogens is 1. The Bertz CT molecular complexity index is 662. The van der Waals surface area contributed by atoms with E-state index in [1.807, 2.05) is 13.8 Å². The number of urea groups is 1. The lowest BCUT2D eigenvalue weighted by molar-refractivity contribution is 0.222. The van der Waals surface area contributed by atoms with Crippen LogP contribution in [0.25, 0.3) is 0 Å². The Balaban J connectivity index is 1.77. The largest absolute Gasteiger partial charge is 0.488 e. The number of hydrogen-bond donors (Lipinski definition) is 2. The molecule has 0 radical (unpaired) electrons. The Kier molecular flexibility index (Phi) is 5.92. The first-order chi connectivity index (χ1) is 11.0. The van der Waals surface area contributed by atoms with Gasteiger partial charge in [-0.05, 0) is 32.9 Å². The molecule has 1 heterocycles. The van der Waals surface area contributed by atoms with Crippen molar-refractivity contribution in [2.75, 3.05) is 6.61 Å². The Labute approximate surface area is 138 Å². The van der Waals surface area contributed by atoms with Crippen molar-refractivity contribution in [3.63, 3.8) is 0 Å². The van der Waals surface area contributed by atoms with Crippen LogP contribution in [0.4, 0.5) is 9.18 Å². The number of hydrogen-bond acceptors (Lipinski definition) is 4. The van der Waals surface area contributed by atoms with Crippen LogP contribution in [-0.4, -0.2) is 23.7 Å².